The second kappa shape index (κ2) is 6.98. The fourth-order valence-electron chi connectivity index (χ4n) is 1.21. The Labute approximate surface area is 102 Å². The second-order valence-electron chi connectivity index (χ2n) is 3.20. The topological polar surface area (TPSA) is 55.1 Å². The molecule has 0 fully saturated rings. The monoisotopic (exact) mass is 290 g/mol. The molecule has 84 valence electrons. The van der Waals surface area contributed by atoms with Crippen LogP contribution < -0.4 is 11.1 Å². The number of nitrogens with two attached hydrogens (primary N) is 1. The molecule has 0 atom stereocenters. The van der Waals surface area contributed by atoms with Crippen molar-refractivity contribution < 1.29 is 4.79 Å². The Morgan fingerprint density at radius 2 is 2.33 bits per heavy atom. The zero-order valence-electron chi connectivity index (χ0n) is 8.46. The molecule has 1 aromatic rings. The van der Waals surface area contributed by atoms with Gasteiger partial charge in [-0.1, -0.05) is 0 Å². The first-order valence-corrected chi connectivity index (χ1v) is 6.54. The predicted octanol–water partition coefficient (Wildman–Crippen LogP) is 1.91. The van der Waals surface area contributed by atoms with Gasteiger partial charge in [-0.05, 0) is 40.9 Å². The van der Waals surface area contributed by atoms with E-state index in [1.165, 1.54) is 4.88 Å². The first kappa shape index (κ1) is 12.7. The van der Waals surface area contributed by atoms with E-state index in [9.17, 15) is 4.79 Å². The van der Waals surface area contributed by atoms with Crippen LogP contribution in [-0.2, 0) is 11.2 Å². The van der Waals surface area contributed by atoms with E-state index in [0.717, 1.165) is 16.6 Å². The highest BCUT2D eigenvalue weighted by atomic mass is 79.9. The Bertz CT molecular complexity index is 314. The van der Waals surface area contributed by atoms with Crippen LogP contribution in [0, 0.1) is 0 Å². The lowest BCUT2D eigenvalue weighted by Crippen LogP contribution is -2.28. The Morgan fingerprint density at radius 3 is 2.93 bits per heavy atom. The summed E-state index contributed by atoms with van der Waals surface area (Å²) in [5, 5.41) is 2.75. The highest BCUT2D eigenvalue weighted by molar-refractivity contribution is 9.11. The van der Waals surface area contributed by atoms with Crippen LogP contribution in [0.5, 0.6) is 0 Å². The quantitative estimate of drug-likeness (QED) is 0.841. The summed E-state index contributed by atoms with van der Waals surface area (Å²) in [7, 11) is 0. The number of aryl methyl sites for hydroxylation is 1. The third-order valence-electron chi connectivity index (χ3n) is 1.92. The van der Waals surface area contributed by atoms with E-state index in [4.69, 9.17) is 5.73 Å². The van der Waals surface area contributed by atoms with Gasteiger partial charge < -0.3 is 11.1 Å². The molecule has 1 heterocycles. The minimum atomic E-state index is 0.0936. The lowest BCUT2D eigenvalue weighted by atomic mass is 10.2. The molecule has 1 aromatic heterocycles. The van der Waals surface area contributed by atoms with E-state index >= 15 is 0 Å². The zero-order chi connectivity index (χ0) is 11.1. The molecule has 0 saturated carbocycles. The van der Waals surface area contributed by atoms with Gasteiger partial charge in [0.1, 0.15) is 0 Å². The largest absolute Gasteiger partial charge is 0.355 e. The number of carbonyl (C=O) groups is 1. The molecule has 1 amide bonds. The van der Waals surface area contributed by atoms with Gasteiger partial charge in [0.2, 0.25) is 5.91 Å². The van der Waals surface area contributed by atoms with Gasteiger partial charge in [0.15, 0.2) is 0 Å². The summed E-state index contributed by atoms with van der Waals surface area (Å²) in [5.74, 6) is 0.0936. The van der Waals surface area contributed by atoms with Crippen molar-refractivity contribution in [1.29, 1.82) is 0 Å². The van der Waals surface area contributed by atoms with Crippen molar-refractivity contribution in [2.45, 2.75) is 19.3 Å². The highest BCUT2D eigenvalue weighted by Gasteiger charge is 2.02. The minimum Gasteiger partial charge on any atom is -0.355 e. The average Bonchev–Trinajstić information content (AvgIpc) is 2.61. The first-order chi connectivity index (χ1) is 7.22. The molecule has 0 aliphatic carbocycles. The molecular weight excluding hydrogens is 276 g/mol. The normalized spacial score (nSPS) is 10.3. The number of nitrogens with one attached hydrogen (secondary N) is 1. The molecule has 0 aromatic carbocycles. The smallest absolute Gasteiger partial charge is 0.220 e. The Hall–Kier alpha value is -0.390. The summed E-state index contributed by atoms with van der Waals surface area (Å²) in [6.45, 7) is 1.08. The van der Waals surface area contributed by atoms with Crippen LogP contribution in [0.3, 0.4) is 0 Å². The lowest BCUT2D eigenvalue weighted by Gasteiger charge is -2.02. The number of amides is 1. The van der Waals surface area contributed by atoms with Crippen LogP contribution >= 0.6 is 27.3 Å². The number of halogens is 1. The van der Waals surface area contributed by atoms with Crippen molar-refractivity contribution in [2.24, 2.45) is 5.73 Å². The summed E-state index contributed by atoms with van der Waals surface area (Å²) in [5.41, 5.74) is 5.28. The average molecular weight is 291 g/mol. The van der Waals surface area contributed by atoms with Gasteiger partial charge in [-0.2, -0.15) is 0 Å². The highest BCUT2D eigenvalue weighted by Crippen LogP contribution is 2.23. The van der Waals surface area contributed by atoms with Crippen molar-refractivity contribution in [3.05, 3.63) is 20.8 Å². The summed E-state index contributed by atoms with van der Waals surface area (Å²) in [4.78, 5) is 12.5. The predicted molar refractivity (Wildman–Crippen MR) is 67.0 cm³/mol. The molecule has 0 unspecified atom stereocenters. The van der Waals surface area contributed by atoms with Crippen molar-refractivity contribution in [2.75, 3.05) is 13.1 Å². The molecule has 0 bridgehead atoms. The maximum atomic E-state index is 11.2. The van der Waals surface area contributed by atoms with Gasteiger partial charge >= 0.3 is 0 Å². The van der Waals surface area contributed by atoms with E-state index in [1.807, 2.05) is 6.07 Å². The lowest BCUT2D eigenvalue weighted by molar-refractivity contribution is -0.121. The molecule has 3 N–H and O–H groups in total. The minimum absolute atomic E-state index is 0.0936. The van der Waals surface area contributed by atoms with E-state index in [0.29, 0.717) is 19.5 Å². The molecule has 1 rings (SSSR count). The van der Waals surface area contributed by atoms with Crippen LogP contribution in [0.15, 0.2) is 15.9 Å². The molecule has 5 heteroatoms. The number of hydrogen-bond donors (Lipinski definition) is 2. The standard InChI is InChI=1S/C10H15BrN2OS/c11-9-5-4-8(15-9)2-1-3-10(14)13-7-6-12/h4-5H,1-3,6-7,12H2,(H,13,14). The number of rotatable bonds is 6. The van der Waals surface area contributed by atoms with E-state index in [1.54, 1.807) is 11.3 Å². The van der Waals surface area contributed by atoms with Crippen molar-refractivity contribution in [3.8, 4) is 0 Å². The van der Waals surface area contributed by atoms with E-state index in [2.05, 4.69) is 27.3 Å². The Kier molecular flexibility index (Phi) is 5.90. The maximum absolute atomic E-state index is 11.2. The number of carbonyl (C=O) groups excluding carboxylic acids is 1. The van der Waals surface area contributed by atoms with Crippen LogP contribution in [0.4, 0.5) is 0 Å². The van der Waals surface area contributed by atoms with Crippen molar-refractivity contribution >= 4 is 33.2 Å². The van der Waals surface area contributed by atoms with Crippen LogP contribution in [-0.4, -0.2) is 19.0 Å². The molecule has 0 aliphatic heterocycles. The van der Waals surface area contributed by atoms with Crippen LogP contribution in [0.1, 0.15) is 17.7 Å². The van der Waals surface area contributed by atoms with Gasteiger partial charge in [-0.3, -0.25) is 4.79 Å². The van der Waals surface area contributed by atoms with E-state index in [-0.39, 0.29) is 5.91 Å². The maximum Gasteiger partial charge on any atom is 0.220 e. The van der Waals surface area contributed by atoms with Crippen LogP contribution in [0.2, 0.25) is 0 Å². The second-order valence-corrected chi connectivity index (χ2v) is 5.75. The third kappa shape index (κ3) is 5.30. The molecular formula is C10H15BrN2OS. The summed E-state index contributed by atoms with van der Waals surface area (Å²) < 4.78 is 1.14. The molecule has 0 spiro atoms. The van der Waals surface area contributed by atoms with Crippen LogP contribution in [0.25, 0.3) is 0 Å². The summed E-state index contributed by atoms with van der Waals surface area (Å²) in [6, 6.07) is 4.13. The van der Waals surface area contributed by atoms with Crippen molar-refractivity contribution in [1.82, 2.24) is 5.32 Å². The van der Waals surface area contributed by atoms with Crippen molar-refractivity contribution in [3.63, 3.8) is 0 Å². The fraction of sp³-hybridized carbons (Fsp3) is 0.500. The Morgan fingerprint density at radius 1 is 1.53 bits per heavy atom. The Balaban J connectivity index is 2.13. The third-order valence-corrected chi connectivity index (χ3v) is 3.61. The van der Waals surface area contributed by atoms with Gasteiger partial charge in [0, 0.05) is 24.4 Å². The molecule has 15 heavy (non-hydrogen) atoms. The molecule has 0 saturated heterocycles. The van der Waals surface area contributed by atoms with Gasteiger partial charge in [0.25, 0.3) is 0 Å². The fourth-order valence-corrected chi connectivity index (χ4v) is 2.73. The zero-order valence-corrected chi connectivity index (χ0v) is 10.9. The van der Waals surface area contributed by atoms with Gasteiger partial charge in [-0.25, -0.2) is 0 Å². The molecule has 0 aliphatic rings. The summed E-state index contributed by atoms with van der Waals surface area (Å²) in [6.07, 6.45) is 2.44. The number of thiophene rings is 1. The van der Waals surface area contributed by atoms with Gasteiger partial charge in [0.05, 0.1) is 3.79 Å². The SMILES string of the molecule is NCCNC(=O)CCCc1ccc(Br)s1. The number of hydrogen-bond acceptors (Lipinski definition) is 3. The van der Waals surface area contributed by atoms with Gasteiger partial charge in [-0.15, -0.1) is 11.3 Å². The molecule has 3 nitrogen and oxygen atoms in total. The molecule has 0 radical (unpaired) electrons. The van der Waals surface area contributed by atoms with E-state index < -0.39 is 0 Å². The first-order valence-electron chi connectivity index (χ1n) is 4.93. The summed E-state index contributed by atoms with van der Waals surface area (Å²) >= 11 is 5.13.